The molecule has 0 amide bonds. The molecule has 0 saturated heterocycles. The molecular formula is C28H29N3O4. The van der Waals surface area contributed by atoms with Crippen molar-refractivity contribution in [2.24, 2.45) is 14.1 Å². The molecule has 180 valence electrons. The van der Waals surface area contributed by atoms with Gasteiger partial charge in [-0.05, 0) is 31.4 Å². The smallest absolute Gasteiger partial charge is 0.331 e. The number of aromatic hydroxyl groups is 1. The Kier molecular flexibility index (Phi) is 5.33. The number of benzene rings is 2. The highest BCUT2D eigenvalue weighted by Gasteiger charge is 2.41. The van der Waals surface area contributed by atoms with Gasteiger partial charge in [0, 0.05) is 19.7 Å². The lowest BCUT2D eigenvalue weighted by Gasteiger charge is -2.39. The van der Waals surface area contributed by atoms with Crippen LogP contribution in [0.2, 0.25) is 0 Å². The van der Waals surface area contributed by atoms with Crippen molar-refractivity contribution < 1.29 is 9.84 Å². The van der Waals surface area contributed by atoms with E-state index in [1.165, 1.54) is 11.6 Å². The predicted octanol–water partition coefficient (Wildman–Crippen LogP) is 3.99. The monoisotopic (exact) mass is 471 g/mol. The Morgan fingerprint density at radius 3 is 2.49 bits per heavy atom. The molecule has 7 nitrogen and oxygen atoms in total. The van der Waals surface area contributed by atoms with Gasteiger partial charge in [-0.1, -0.05) is 54.6 Å². The molecule has 1 aliphatic heterocycles. The minimum atomic E-state index is -0.676. The molecule has 2 aromatic carbocycles. The highest BCUT2D eigenvalue weighted by molar-refractivity contribution is 5.96. The van der Waals surface area contributed by atoms with E-state index in [2.05, 4.69) is 25.0 Å². The third-order valence-electron chi connectivity index (χ3n) is 6.91. The number of hydrogen-bond donors (Lipinski definition) is 1. The summed E-state index contributed by atoms with van der Waals surface area (Å²) in [6.07, 6.45) is 1.57. The molecule has 0 spiro atoms. The number of nitrogens with zero attached hydrogens (tertiary/aromatic N) is 3. The van der Waals surface area contributed by atoms with E-state index in [-0.39, 0.29) is 11.3 Å². The van der Waals surface area contributed by atoms with Crippen LogP contribution in [0.3, 0.4) is 0 Å². The van der Waals surface area contributed by atoms with E-state index < -0.39 is 17.3 Å². The van der Waals surface area contributed by atoms with Crippen LogP contribution in [0.4, 0.5) is 0 Å². The summed E-state index contributed by atoms with van der Waals surface area (Å²) in [5, 5.41) is 11.6. The maximum Gasteiger partial charge on any atom is 0.331 e. The SMILES string of the molecule is C=CCc1cccc(C2OCC(C)(C)n3c(-c4ccccc4)c4c(=O)n(C)c(=O)n(C)c4c32)c1O. The summed E-state index contributed by atoms with van der Waals surface area (Å²) in [4.78, 5) is 26.7. The molecule has 0 fully saturated rings. The molecule has 35 heavy (non-hydrogen) atoms. The largest absolute Gasteiger partial charge is 0.507 e. The lowest BCUT2D eigenvalue weighted by atomic mass is 9.95. The van der Waals surface area contributed by atoms with Crippen LogP contribution in [0, 0.1) is 0 Å². The maximum absolute atomic E-state index is 13.6. The predicted molar refractivity (Wildman–Crippen MR) is 137 cm³/mol. The van der Waals surface area contributed by atoms with Crippen LogP contribution in [0.5, 0.6) is 5.75 Å². The Morgan fingerprint density at radius 2 is 1.80 bits per heavy atom. The van der Waals surface area contributed by atoms with Gasteiger partial charge in [-0.15, -0.1) is 6.58 Å². The van der Waals surface area contributed by atoms with Crippen molar-refractivity contribution in [3.05, 3.63) is 98.8 Å². The summed E-state index contributed by atoms with van der Waals surface area (Å²) >= 11 is 0. The fourth-order valence-electron chi connectivity index (χ4n) is 5.25. The average molecular weight is 472 g/mol. The normalized spacial score (nSPS) is 16.9. The number of aromatic nitrogens is 3. The van der Waals surface area contributed by atoms with Crippen molar-refractivity contribution in [1.82, 2.24) is 13.7 Å². The number of phenols is 1. The van der Waals surface area contributed by atoms with Crippen LogP contribution in [0.15, 0.2) is 70.8 Å². The van der Waals surface area contributed by atoms with Gasteiger partial charge in [0.15, 0.2) is 0 Å². The molecule has 3 heterocycles. The fourth-order valence-corrected chi connectivity index (χ4v) is 5.25. The Labute approximate surface area is 203 Å². The van der Waals surface area contributed by atoms with Crippen molar-refractivity contribution in [2.45, 2.75) is 31.9 Å². The molecule has 2 aromatic heterocycles. The van der Waals surface area contributed by atoms with Crippen LogP contribution >= 0.6 is 0 Å². The van der Waals surface area contributed by atoms with Crippen LogP contribution in [-0.2, 0) is 30.8 Å². The highest BCUT2D eigenvalue weighted by Crippen LogP contribution is 2.47. The molecule has 1 atom stereocenters. The van der Waals surface area contributed by atoms with Crippen LogP contribution < -0.4 is 11.2 Å². The molecule has 1 unspecified atom stereocenters. The Balaban J connectivity index is 1.98. The zero-order valence-electron chi connectivity index (χ0n) is 20.4. The molecule has 0 aliphatic carbocycles. The van der Waals surface area contributed by atoms with Crippen LogP contribution in [0.25, 0.3) is 22.2 Å². The topological polar surface area (TPSA) is 78.4 Å². The maximum atomic E-state index is 13.6. The number of aryl methyl sites for hydroxylation is 1. The summed E-state index contributed by atoms with van der Waals surface area (Å²) in [6.45, 7) is 8.24. The van der Waals surface area contributed by atoms with Crippen molar-refractivity contribution >= 4 is 10.9 Å². The first-order valence-electron chi connectivity index (χ1n) is 11.6. The summed E-state index contributed by atoms with van der Waals surface area (Å²) < 4.78 is 11.2. The number of phenolic OH excluding ortho intramolecular Hbond substituents is 1. The Morgan fingerprint density at radius 1 is 1.09 bits per heavy atom. The Hall–Kier alpha value is -3.84. The van der Waals surface area contributed by atoms with Gasteiger partial charge in [0.05, 0.1) is 34.4 Å². The highest BCUT2D eigenvalue weighted by atomic mass is 16.5. The number of hydrogen-bond acceptors (Lipinski definition) is 4. The second kappa shape index (κ2) is 8.13. The quantitative estimate of drug-likeness (QED) is 0.457. The molecular weight excluding hydrogens is 442 g/mol. The minimum Gasteiger partial charge on any atom is -0.507 e. The lowest BCUT2D eigenvalue weighted by molar-refractivity contribution is -0.00802. The van der Waals surface area contributed by atoms with E-state index >= 15 is 0 Å². The number of ether oxygens (including phenoxy) is 1. The van der Waals surface area contributed by atoms with Crippen molar-refractivity contribution in [1.29, 1.82) is 0 Å². The first kappa shape index (κ1) is 22.9. The summed E-state index contributed by atoms with van der Waals surface area (Å²) in [5.41, 5.74) is 2.84. The van der Waals surface area contributed by atoms with Gasteiger partial charge in [-0.3, -0.25) is 13.9 Å². The van der Waals surface area contributed by atoms with Gasteiger partial charge >= 0.3 is 5.69 Å². The molecule has 0 saturated carbocycles. The number of para-hydroxylation sites is 1. The summed E-state index contributed by atoms with van der Waals surface area (Å²) in [6, 6.07) is 15.3. The first-order chi connectivity index (χ1) is 16.7. The second-order valence-corrected chi connectivity index (χ2v) is 9.72. The van der Waals surface area contributed by atoms with Gasteiger partial charge in [-0.25, -0.2) is 4.79 Å². The van der Waals surface area contributed by atoms with Crippen molar-refractivity contribution in [3.8, 4) is 17.0 Å². The molecule has 1 aliphatic rings. The van der Waals surface area contributed by atoms with E-state index in [0.29, 0.717) is 35.2 Å². The Bertz CT molecular complexity index is 1590. The third-order valence-corrected chi connectivity index (χ3v) is 6.91. The molecule has 1 N–H and O–H groups in total. The summed E-state index contributed by atoms with van der Waals surface area (Å²) in [5.74, 6) is 0.133. The zero-order valence-corrected chi connectivity index (χ0v) is 20.4. The van der Waals surface area contributed by atoms with Gasteiger partial charge in [0.1, 0.15) is 11.9 Å². The standard InChI is InChI=1S/C28H29N3O4/c1-6-11-18-14-10-15-19(24(18)32)25-23-22-20(26(33)30(5)27(34)29(22)4)21(17-12-8-7-9-13-17)31(23)28(2,3)16-35-25/h6-10,12-15,25,32H,1,11,16H2,2-5H3. The molecule has 0 radical (unpaired) electrons. The van der Waals surface area contributed by atoms with E-state index in [1.54, 1.807) is 13.1 Å². The van der Waals surface area contributed by atoms with Crippen LogP contribution in [0.1, 0.15) is 36.8 Å². The zero-order chi connectivity index (χ0) is 25.1. The van der Waals surface area contributed by atoms with Crippen LogP contribution in [-0.4, -0.2) is 25.4 Å². The minimum absolute atomic E-state index is 0.133. The lowest BCUT2D eigenvalue weighted by Crippen LogP contribution is -2.40. The number of fused-ring (bicyclic) bond motifs is 3. The molecule has 5 rings (SSSR count). The first-order valence-corrected chi connectivity index (χ1v) is 11.6. The van der Waals surface area contributed by atoms with E-state index in [9.17, 15) is 14.7 Å². The van der Waals surface area contributed by atoms with Crippen molar-refractivity contribution in [2.75, 3.05) is 6.61 Å². The van der Waals surface area contributed by atoms with E-state index in [0.717, 1.165) is 21.4 Å². The third kappa shape index (κ3) is 3.30. The summed E-state index contributed by atoms with van der Waals surface area (Å²) in [7, 11) is 3.17. The van der Waals surface area contributed by atoms with E-state index in [1.807, 2.05) is 48.5 Å². The van der Waals surface area contributed by atoms with Gasteiger partial charge < -0.3 is 14.4 Å². The van der Waals surface area contributed by atoms with Gasteiger partial charge in [0.2, 0.25) is 0 Å². The average Bonchev–Trinajstić information content (AvgIpc) is 3.22. The van der Waals surface area contributed by atoms with E-state index in [4.69, 9.17) is 4.74 Å². The molecule has 4 aromatic rings. The van der Waals surface area contributed by atoms with Gasteiger partial charge in [0.25, 0.3) is 5.56 Å². The second-order valence-electron chi connectivity index (χ2n) is 9.72. The molecule has 0 bridgehead atoms. The fraction of sp³-hybridized carbons (Fsp3) is 0.286. The van der Waals surface area contributed by atoms with Crippen molar-refractivity contribution in [3.63, 3.8) is 0 Å². The number of allylic oxidation sites excluding steroid dienone is 1. The van der Waals surface area contributed by atoms with Gasteiger partial charge in [-0.2, -0.15) is 0 Å². The molecule has 7 heteroatoms. The number of rotatable bonds is 4.